The molecule has 4 aromatic carbocycles. The molecule has 0 unspecified atom stereocenters. The van der Waals surface area contributed by atoms with E-state index in [1.165, 1.54) is 27.8 Å². The Bertz CT molecular complexity index is 992. The van der Waals surface area contributed by atoms with Crippen LogP contribution >= 0.6 is 0 Å². The van der Waals surface area contributed by atoms with E-state index in [1.807, 2.05) is 60.7 Å². The van der Waals surface area contributed by atoms with Crippen molar-refractivity contribution in [3.63, 3.8) is 0 Å². The SMILES string of the molecule is [C-]1=C(C2c3ccccc3-c3ccccc32)C=CC1.[CH3-].[Cl-].[Cl-].[Zr+2].[c-]1ccccc1.[c-]1ccccc1. The molecule has 34 heavy (non-hydrogen) atoms. The first-order chi connectivity index (χ1) is 14.9. The van der Waals surface area contributed by atoms with E-state index in [9.17, 15) is 0 Å². The predicted octanol–water partition coefficient (Wildman–Crippen LogP) is 1.92. The van der Waals surface area contributed by atoms with Crippen molar-refractivity contribution < 1.29 is 51.0 Å². The largest absolute Gasteiger partial charge is 2.00 e. The van der Waals surface area contributed by atoms with Crippen LogP contribution in [0, 0.1) is 25.6 Å². The van der Waals surface area contributed by atoms with Crippen molar-refractivity contribution in [1.82, 2.24) is 0 Å². The molecule has 3 heteroatoms. The summed E-state index contributed by atoms with van der Waals surface area (Å²) in [5, 5.41) is 0. The van der Waals surface area contributed by atoms with Crippen LogP contribution in [0.4, 0.5) is 0 Å². The molecule has 2 aliphatic rings. The van der Waals surface area contributed by atoms with Gasteiger partial charge in [0, 0.05) is 5.92 Å². The van der Waals surface area contributed by atoms with Gasteiger partial charge in [-0.15, -0.1) is 6.42 Å². The predicted molar refractivity (Wildman–Crippen MR) is 131 cm³/mol. The number of rotatable bonds is 1. The zero-order valence-electron chi connectivity index (χ0n) is 19.1. The fourth-order valence-electron chi connectivity index (χ4n) is 3.79. The van der Waals surface area contributed by atoms with E-state index in [1.54, 1.807) is 0 Å². The van der Waals surface area contributed by atoms with E-state index in [4.69, 9.17) is 0 Å². The van der Waals surface area contributed by atoms with Crippen molar-refractivity contribution in [3.8, 4) is 11.1 Å². The van der Waals surface area contributed by atoms with Gasteiger partial charge >= 0.3 is 26.2 Å². The fraction of sp³-hybridized carbons (Fsp3) is 0.0645. The minimum atomic E-state index is 0. The quantitative estimate of drug-likeness (QED) is 0.312. The summed E-state index contributed by atoms with van der Waals surface area (Å²) in [7, 11) is 0. The van der Waals surface area contributed by atoms with Gasteiger partial charge in [0.05, 0.1) is 0 Å². The number of allylic oxidation sites excluding steroid dienone is 4. The van der Waals surface area contributed by atoms with Gasteiger partial charge in [-0.1, -0.05) is 48.5 Å². The topological polar surface area (TPSA) is 0 Å². The van der Waals surface area contributed by atoms with Gasteiger partial charge in [-0.2, -0.15) is 78.9 Å². The number of halogens is 2. The van der Waals surface area contributed by atoms with Crippen LogP contribution in [-0.4, -0.2) is 0 Å². The maximum absolute atomic E-state index is 3.49. The van der Waals surface area contributed by atoms with Gasteiger partial charge in [0.1, 0.15) is 0 Å². The van der Waals surface area contributed by atoms with Crippen LogP contribution in [0.15, 0.2) is 127 Å². The first-order valence-electron chi connectivity index (χ1n) is 10.2. The van der Waals surface area contributed by atoms with Crippen LogP contribution in [0.3, 0.4) is 0 Å². The Morgan fingerprint density at radius 1 is 0.588 bits per heavy atom. The van der Waals surface area contributed by atoms with E-state index < -0.39 is 0 Å². The molecule has 4 aromatic rings. The number of benzene rings is 4. The van der Waals surface area contributed by atoms with Crippen LogP contribution in [0.5, 0.6) is 0 Å². The molecule has 0 saturated heterocycles. The molecule has 6 rings (SSSR count). The molecule has 0 nitrogen and oxygen atoms in total. The van der Waals surface area contributed by atoms with Crippen LogP contribution < -0.4 is 24.8 Å². The second-order valence-corrected chi connectivity index (χ2v) is 7.00. The average Bonchev–Trinajstić information content (AvgIpc) is 3.48. The molecule has 0 amide bonds. The van der Waals surface area contributed by atoms with Crippen molar-refractivity contribution in [1.29, 1.82) is 0 Å². The number of fused-ring (bicyclic) bond motifs is 3. The first-order valence-corrected chi connectivity index (χ1v) is 10.2. The number of hydrogen-bond acceptors (Lipinski definition) is 0. The smallest absolute Gasteiger partial charge is 1.00 e. The van der Waals surface area contributed by atoms with Crippen molar-refractivity contribution in [3.05, 3.63) is 164 Å². The van der Waals surface area contributed by atoms with Crippen molar-refractivity contribution in [2.24, 2.45) is 0 Å². The second kappa shape index (κ2) is 17.3. The number of hydrogen-bond donors (Lipinski definition) is 0. The molecule has 0 heterocycles. The standard InChI is InChI=1S/C18H13.2C6H5.CH3.2ClH.Zr/c1-2-8-13(7-1)18-16-11-5-3-9-14(16)15-10-4-6-12-17(15)18;2*1-2-4-6-5-3-1;;;;/h1,3-7,9-12,18H,2H2;2*1-5H;1H3;2*1H;/q4*-1;;;+2/p-2. The van der Waals surface area contributed by atoms with Crippen molar-refractivity contribution in [2.45, 2.75) is 12.3 Å². The van der Waals surface area contributed by atoms with E-state index in [0.717, 1.165) is 6.42 Å². The summed E-state index contributed by atoms with van der Waals surface area (Å²) in [4.78, 5) is 0. The normalized spacial score (nSPS) is 11.6. The van der Waals surface area contributed by atoms with Crippen LogP contribution in [0.25, 0.3) is 11.1 Å². The summed E-state index contributed by atoms with van der Waals surface area (Å²) >= 11 is 0. The third kappa shape index (κ3) is 8.24. The minimum Gasteiger partial charge on any atom is -1.00 e. The third-order valence-corrected chi connectivity index (χ3v) is 5.08. The maximum atomic E-state index is 3.49. The van der Waals surface area contributed by atoms with Crippen LogP contribution in [-0.2, 0) is 26.2 Å². The van der Waals surface area contributed by atoms with Gasteiger partial charge in [0.2, 0.25) is 0 Å². The van der Waals surface area contributed by atoms with Gasteiger partial charge < -0.3 is 32.2 Å². The average molecular weight is 561 g/mol. The van der Waals surface area contributed by atoms with E-state index in [2.05, 4.69) is 78.9 Å². The monoisotopic (exact) mass is 558 g/mol. The fourth-order valence-corrected chi connectivity index (χ4v) is 3.79. The summed E-state index contributed by atoms with van der Waals surface area (Å²) in [6.07, 6.45) is 8.86. The summed E-state index contributed by atoms with van der Waals surface area (Å²) in [5.74, 6) is 0.385. The molecular weight excluding hydrogens is 534 g/mol. The summed E-state index contributed by atoms with van der Waals surface area (Å²) in [5.41, 5.74) is 6.94. The van der Waals surface area contributed by atoms with Gasteiger partial charge in [0.25, 0.3) is 0 Å². The van der Waals surface area contributed by atoms with E-state index in [-0.39, 0.29) is 58.4 Å². The molecule has 0 aliphatic heterocycles. The third-order valence-electron chi connectivity index (χ3n) is 5.08. The zero-order chi connectivity index (χ0) is 20.4. The van der Waals surface area contributed by atoms with Crippen LogP contribution in [0.2, 0.25) is 0 Å². The maximum Gasteiger partial charge on any atom is 2.00 e. The van der Waals surface area contributed by atoms with E-state index in [0.29, 0.717) is 5.92 Å². The molecular formula is C31H26Cl2Zr-4. The Kier molecular flexibility index (Phi) is 16.2. The zero-order valence-corrected chi connectivity index (χ0v) is 23.1. The van der Waals surface area contributed by atoms with E-state index >= 15 is 0 Å². The molecule has 0 radical (unpaired) electrons. The Hall–Kier alpha value is -2.18. The Balaban J connectivity index is 0.000000575. The Labute approximate surface area is 236 Å². The molecule has 2 aliphatic carbocycles. The Morgan fingerprint density at radius 3 is 1.35 bits per heavy atom. The Morgan fingerprint density at radius 2 is 1.03 bits per heavy atom. The summed E-state index contributed by atoms with van der Waals surface area (Å²) < 4.78 is 0. The summed E-state index contributed by atoms with van der Waals surface area (Å²) in [6.45, 7) is 0. The molecule has 0 spiro atoms. The van der Waals surface area contributed by atoms with Crippen LogP contribution in [0.1, 0.15) is 23.5 Å². The van der Waals surface area contributed by atoms with Gasteiger partial charge in [-0.05, 0) is 22.3 Å². The molecule has 0 fully saturated rings. The molecule has 0 N–H and O–H groups in total. The van der Waals surface area contributed by atoms with Crippen molar-refractivity contribution in [2.75, 3.05) is 0 Å². The molecule has 0 saturated carbocycles. The molecule has 0 aromatic heterocycles. The van der Waals surface area contributed by atoms with Crippen molar-refractivity contribution >= 4 is 0 Å². The first kappa shape index (κ1) is 31.8. The molecule has 0 atom stereocenters. The summed E-state index contributed by atoms with van der Waals surface area (Å²) in [6, 6.07) is 42.5. The molecule has 172 valence electrons. The van der Waals surface area contributed by atoms with Gasteiger partial charge in [-0.3, -0.25) is 6.08 Å². The minimum absolute atomic E-state index is 0. The van der Waals surface area contributed by atoms with Gasteiger partial charge in [0.15, 0.2) is 0 Å². The van der Waals surface area contributed by atoms with Gasteiger partial charge in [-0.25, -0.2) is 11.6 Å². The molecule has 0 bridgehead atoms. The second-order valence-electron chi connectivity index (χ2n) is 7.00.